The Labute approximate surface area is 443 Å². The Bertz CT molecular complexity index is 1460. The maximum absolute atomic E-state index is 13.1. The van der Waals surface area contributed by atoms with E-state index in [9.17, 15) is 34.5 Å². The number of hydrogen-bond acceptors (Lipinski definition) is 11. The van der Waals surface area contributed by atoms with Crippen molar-refractivity contribution in [2.45, 2.75) is 302 Å². The van der Waals surface area contributed by atoms with Crippen LogP contribution in [0.3, 0.4) is 0 Å². The van der Waals surface area contributed by atoms with E-state index in [0.29, 0.717) is 19.3 Å². The summed E-state index contributed by atoms with van der Waals surface area (Å²) in [6.07, 6.45) is 46.8. The predicted molar refractivity (Wildman–Crippen MR) is 294 cm³/mol. The van der Waals surface area contributed by atoms with Gasteiger partial charge in [0.05, 0.1) is 6.61 Å². The molecule has 0 aromatic carbocycles. The quantitative estimate of drug-likeness (QED) is 0.0228. The van der Waals surface area contributed by atoms with Crippen LogP contribution in [0, 0.1) is 0 Å². The molecule has 0 aromatic heterocycles. The lowest BCUT2D eigenvalue weighted by Gasteiger charge is -2.40. The molecule has 422 valence electrons. The molecule has 12 heteroatoms. The van der Waals surface area contributed by atoms with Gasteiger partial charge in [0.25, 0.3) is 0 Å². The molecule has 1 heterocycles. The SMILES string of the molecule is CC/C=C\C/C=C\C/C=C\C/C=C\CCC(=O)OC(COC(=O)CCCCCCCCCCCCCCCCCCC)COC1OC(C(=O)O)C(O)C(O)C1OC(=O)CCCCCCCCCCCCCCC. The van der Waals surface area contributed by atoms with Gasteiger partial charge >= 0.3 is 23.9 Å². The number of carboxylic acid groups (broad SMARTS) is 1. The summed E-state index contributed by atoms with van der Waals surface area (Å²) >= 11 is 0. The van der Waals surface area contributed by atoms with Gasteiger partial charge in [-0.1, -0.05) is 249 Å². The van der Waals surface area contributed by atoms with Crippen LogP contribution < -0.4 is 0 Å². The minimum Gasteiger partial charge on any atom is -0.479 e. The van der Waals surface area contributed by atoms with Crippen LogP contribution in [0.15, 0.2) is 48.6 Å². The molecular formula is C61H106O12. The van der Waals surface area contributed by atoms with Gasteiger partial charge in [-0.15, -0.1) is 0 Å². The lowest BCUT2D eigenvalue weighted by Crippen LogP contribution is -2.61. The first kappa shape index (κ1) is 67.7. The van der Waals surface area contributed by atoms with Gasteiger partial charge in [0.2, 0.25) is 0 Å². The smallest absolute Gasteiger partial charge is 0.335 e. The summed E-state index contributed by atoms with van der Waals surface area (Å²) in [5, 5.41) is 31.4. The second-order valence-corrected chi connectivity index (χ2v) is 20.3. The summed E-state index contributed by atoms with van der Waals surface area (Å²) in [5.41, 5.74) is 0. The molecule has 1 fully saturated rings. The molecule has 1 aliphatic rings. The molecule has 0 radical (unpaired) electrons. The molecule has 0 aromatic rings. The lowest BCUT2D eigenvalue weighted by molar-refractivity contribution is -0.301. The molecular weight excluding hydrogens is 925 g/mol. The molecule has 0 aliphatic carbocycles. The zero-order chi connectivity index (χ0) is 53.3. The van der Waals surface area contributed by atoms with E-state index in [-0.39, 0.29) is 25.9 Å². The third-order valence-electron chi connectivity index (χ3n) is 13.4. The van der Waals surface area contributed by atoms with Crippen LogP contribution in [-0.4, -0.2) is 89.2 Å². The molecule has 12 nitrogen and oxygen atoms in total. The van der Waals surface area contributed by atoms with Gasteiger partial charge < -0.3 is 39.0 Å². The van der Waals surface area contributed by atoms with Crippen molar-refractivity contribution in [1.82, 2.24) is 0 Å². The fourth-order valence-corrected chi connectivity index (χ4v) is 8.91. The van der Waals surface area contributed by atoms with Crippen molar-refractivity contribution in [3.63, 3.8) is 0 Å². The minimum absolute atomic E-state index is 0.0449. The second kappa shape index (κ2) is 49.6. The molecule has 73 heavy (non-hydrogen) atoms. The van der Waals surface area contributed by atoms with Crippen LogP contribution in [0.2, 0.25) is 0 Å². The summed E-state index contributed by atoms with van der Waals surface area (Å²) < 4.78 is 28.3. The molecule has 0 amide bonds. The van der Waals surface area contributed by atoms with Gasteiger partial charge in [-0.25, -0.2) is 4.79 Å². The summed E-state index contributed by atoms with van der Waals surface area (Å²) in [4.78, 5) is 51.0. The Morgan fingerprint density at radius 2 is 0.863 bits per heavy atom. The number of allylic oxidation sites excluding steroid dienone is 8. The van der Waals surface area contributed by atoms with Gasteiger partial charge in [-0.05, 0) is 44.9 Å². The Morgan fingerprint density at radius 1 is 0.466 bits per heavy atom. The summed E-state index contributed by atoms with van der Waals surface area (Å²) in [6.45, 7) is 5.83. The largest absolute Gasteiger partial charge is 0.479 e. The number of carboxylic acids is 1. The van der Waals surface area contributed by atoms with Crippen molar-refractivity contribution in [2.24, 2.45) is 0 Å². The molecule has 1 saturated heterocycles. The standard InChI is InChI=1S/C61H106O12/c1-4-7-10-13-16-19-22-25-26-27-28-31-32-35-38-41-44-47-53(62)69-50-52(71-54(63)48-45-42-39-36-33-29-23-20-17-14-11-8-5-2)51-70-61-59(57(66)56(65)58(73-61)60(67)68)72-55(64)49-46-43-40-37-34-30-24-21-18-15-12-9-6-3/h8,11,17,20,29,33,39,42,52,56-59,61,65-66H,4-7,9-10,12-16,18-19,21-28,30-32,34-38,40-41,43-51H2,1-3H3,(H,67,68)/b11-8-,20-17-,33-29-,42-39-. The number of hydrogen-bond donors (Lipinski definition) is 3. The van der Waals surface area contributed by atoms with E-state index in [4.69, 9.17) is 23.7 Å². The van der Waals surface area contributed by atoms with Crippen LogP contribution in [0.5, 0.6) is 0 Å². The van der Waals surface area contributed by atoms with Crippen LogP contribution in [-0.2, 0) is 42.9 Å². The molecule has 1 rings (SSSR count). The molecule has 3 N–H and O–H groups in total. The zero-order valence-electron chi connectivity index (χ0n) is 46.4. The second-order valence-electron chi connectivity index (χ2n) is 20.3. The first-order valence-corrected chi connectivity index (χ1v) is 29.6. The van der Waals surface area contributed by atoms with Crippen molar-refractivity contribution in [3.8, 4) is 0 Å². The van der Waals surface area contributed by atoms with Gasteiger partial charge in [0, 0.05) is 19.3 Å². The van der Waals surface area contributed by atoms with Crippen molar-refractivity contribution in [2.75, 3.05) is 13.2 Å². The fraction of sp³-hybridized carbons (Fsp3) is 0.803. The summed E-state index contributed by atoms with van der Waals surface area (Å²) in [6, 6.07) is 0. The highest BCUT2D eigenvalue weighted by molar-refractivity contribution is 5.74. The Kier molecular flexibility index (Phi) is 45.9. The summed E-state index contributed by atoms with van der Waals surface area (Å²) in [7, 11) is 0. The molecule has 0 bridgehead atoms. The Hall–Kier alpha value is -3.32. The van der Waals surface area contributed by atoms with Crippen LogP contribution in [0.1, 0.15) is 265 Å². The first-order valence-electron chi connectivity index (χ1n) is 29.6. The van der Waals surface area contributed by atoms with Gasteiger partial charge in [-0.2, -0.15) is 0 Å². The van der Waals surface area contributed by atoms with E-state index in [0.717, 1.165) is 70.6 Å². The van der Waals surface area contributed by atoms with E-state index in [1.807, 2.05) is 12.2 Å². The van der Waals surface area contributed by atoms with Crippen LogP contribution in [0.25, 0.3) is 0 Å². The zero-order valence-corrected chi connectivity index (χ0v) is 46.4. The lowest BCUT2D eigenvalue weighted by atomic mass is 9.98. The van der Waals surface area contributed by atoms with E-state index >= 15 is 0 Å². The van der Waals surface area contributed by atoms with Crippen molar-refractivity contribution >= 4 is 23.9 Å². The van der Waals surface area contributed by atoms with Crippen molar-refractivity contribution in [3.05, 3.63) is 48.6 Å². The number of aliphatic hydroxyl groups is 2. The third kappa shape index (κ3) is 39.7. The summed E-state index contributed by atoms with van der Waals surface area (Å²) in [5.74, 6) is -3.21. The average molecular weight is 1030 g/mol. The number of aliphatic hydroxyl groups excluding tert-OH is 2. The number of carbonyl (C=O) groups is 4. The molecule has 0 saturated carbocycles. The van der Waals surface area contributed by atoms with Gasteiger partial charge in [-0.3, -0.25) is 14.4 Å². The highest BCUT2D eigenvalue weighted by atomic mass is 16.7. The number of esters is 3. The average Bonchev–Trinajstić information content (AvgIpc) is 3.37. The fourth-order valence-electron chi connectivity index (χ4n) is 8.91. The molecule has 6 unspecified atom stereocenters. The minimum atomic E-state index is -1.91. The topological polar surface area (TPSA) is 175 Å². The molecule has 1 aliphatic heterocycles. The van der Waals surface area contributed by atoms with E-state index in [1.165, 1.54) is 135 Å². The van der Waals surface area contributed by atoms with Crippen LogP contribution >= 0.6 is 0 Å². The van der Waals surface area contributed by atoms with Crippen molar-refractivity contribution < 1.29 is 58.2 Å². The van der Waals surface area contributed by atoms with Gasteiger partial charge in [0.15, 0.2) is 24.6 Å². The van der Waals surface area contributed by atoms with E-state index in [2.05, 4.69) is 57.2 Å². The third-order valence-corrected chi connectivity index (χ3v) is 13.4. The predicted octanol–water partition coefficient (Wildman–Crippen LogP) is 15.0. The Morgan fingerprint density at radius 3 is 1.29 bits per heavy atom. The number of carbonyl (C=O) groups excluding carboxylic acids is 3. The van der Waals surface area contributed by atoms with Crippen LogP contribution in [0.4, 0.5) is 0 Å². The van der Waals surface area contributed by atoms with Gasteiger partial charge in [0.1, 0.15) is 18.8 Å². The molecule has 6 atom stereocenters. The maximum atomic E-state index is 13.1. The van der Waals surface area contributed by atoms with E-state index < -0.39 is 67.3 Å². The maximum Gasteiger partial charge on any atom is 0.335 e. The molecule has 0 spiro atoms. The first-order chi connectivity index (χ1) is 35.6. The monoisotopic (exact) mass is 1030 g/mol. The highest BCUT2D eigenvalue weighted by Crippen LogP contribution is 2.26. The number of ether oxygens (including phenoxy) is 5. The van der Waals surface area contributed by atoms with Crippen molar-refractivity contribution in [1.29, 1.82) is 0 Å². The number of aliphatic carboxylic acids is 1. The number of unbranched alkanes of at least 4 members (excludes halogenated alkanes) is 28. The Balaban J connectivity index is 2.70. The van der Waals surface area contributed by atoms with E-state index in [1.54, 1.807) is 0 Å². The number of rotatable bonds is 50. The normalized spacial score (nSPS) is 18.6. The highest BCUT2D eigenvalue weighted by Gasteiger charge is 2.50.